The highest BCUT2D eigenvalue weighted by atomic mass is 35.5. The summed E-state index contributed by atoms with van der Waals surface area (Å²) < 4.78 is 27.6. The van der Waals surface area contributed by atoms with Crippen LogP contribution in [0.1, 0.15) is 30.0 Å². The highest BCUT2D eigenvalue weighted by molar-refractivity contribution is 7.89. The van der Waals surface area contributed by atoms with Crippen molar-refractivity contribution >= 4 is 21.6 Å². The maximum absolute atomic E-state index is 12.4. The van der Waals surface area contributed by atoms with Crippen molar-refractivity contribution in [1.82, 2.24) is 9.71 Å². The Balaban J connectivity index is 1.88. The van der Waals surface area contributed by atoms with Crippen LogP contribution in [0.25, 0.3) is 0 Å². The van der Waals surface area contributed by atoms with Crippen molar-refractivity contribution in [3.8, 4) is 0 Å². The molecule has 1 atom stereocenters. The molecule has 1 heterocycles. The van der Waals surface area contributed by atoms with Gasteiger partial charge in [0.1, 0.15) is 10.0 Å². The Morgan fingerprint density at radius 1 is 1.19 bits per heavy atom. The smallest absolute Gasteiger partial charge is 0.242 e. The standard InChI is InChI=1S/C15H15ClN2O2S/c16-15-9-8-12(10-17-15)21(19,20)18-14-7-3-5-11-4-1-2-6-13(11)14/h1-2,4,6,8-10,14,18H,3,5,7H2. The van der Waals surface area contributed by atoms with Gasteiger partial charge in [-0.2, -0.15) is 0 Å². The lowest BCUT2D eigenvalue weighted by Crippen LogP contribution is -2.31. The first-order chi connectivity index (χ1) is 10.1. The molecule has 0 radical (unpaired) electrons. The van der Waals surface area contributed by atoms with Gasteiger partial charge in [0.15, 0.2) is 0 Å². The molecule has 0 aliphatic heterocycles. The summed E-state index contributed by atoms with van der Waals surface area (Å²) in [5.41, 5.74) is 2.28. The lowest BCUT2D eigenvalue weighted by molar-refractivity contribution is 0.507. The molecule has 3 rings (SSSR count). The van der Waals surface area contributed by atoms with Crippen LogP contribution in [0.2, 0.25) is 5.15 Å². The van der Waals surface area contributed by atoms with E-state index < -0.39 is 10.0 Å². The fourth-order valence-corrected chi connectivity index (χ4v) is 3.96. The number of rotatable bonds is 3. The topological polar surface area (TPSA) is 59.1 Å². The lowest BCUT2D eigenvalue weighted by Gasteiger charge is -2.26. The molecule has 1 N–H and O–H groups in total. The fourth-order valence-electron chi connectivity index (χ4n) is 2.65. The molecule has 1 aliphatic carbocycles. The monoisotopic (exact) mass is 322 g/mol. The number of sulfonamides is 1. The van der Waals surface area contributed by atoms with Gasteiger partial charge in [-0.15, -0.1) is 0 Å². The van der Waals surface area contributed by atoms with E-state index >= 15 is 0 Å². The highest BCUT2D eigenvalue weighted by Gasteiger charge is 2.25. The van der Waals surface area contributed by atoms with E-state index in [1.54, 1.807) is 0 Å². The van der Waals surface area contributed by atoms with E-state index in [0.717, 1.165) is 24.8 Å². The fraction of sp³-hybridized carbons (Fsp3) is 0.267. The molecule has 6 heteroatoms. The lowest BCUT2D eigenvalue weighted by atomic mass is 9.88. The number of hydrogen-bond donors (Lipinski definition) is 1. The zero-order valence-electron chi connectivity index (χ0n) is 11.3. The van der Waals surface area contributed by atoms with Crippen LogP contribution in [0.5, 0.6) is 0 Å². The zero-order valence-corrected chi connectivity index (χ0v) is 12.9. The number of hydrogen-bond acceptors (Lipinski definition) is 3. The number of fused-ring (bicyclic) bond motifs is 1. The van der Waals surface area contributed by atoms with E-state index in [1.165, 1.54) is 23.9 Å². The predicted octanol–water partition coefficient (Wildman–Crippen LogP) is 3.09. The van der Waals surface area contributed by atoms with Gasteiger partial charge >= 0.3 is 0 Å². The molecule has 0 bridgehead atoms. The highest BCUT2D eigenvalue weighted by Crippen LogP contribution is 2.30. The summed E-state index contributed by atoms with van der Waals surface area (Å²) in [6, 6.07) is 10.7. The molecule has 0 amide bonds. The predicted molar refractivity (Wildman–Crippen MR) is 81.7 cm³/mol. The minimum absolute atomic E-state index is 0.134. The van der Waals surface area contributed by atoms with Crippen molar-refractivity contribution in [2.75, 3.05) is 0 Å². The summed E-state index contributed by atoms with van der Waals surface area (Å²) >= 11 is 5.69. The summed E-state index contributed by atoms with van der Waals surface area (Å²) in [5.74, 6) is 0. The molecule has 0 spiro atoms. The molecule has 1 aromatic heterocycles. The van der Waals surface area contributed by atoms with Crippen LogP contribution < -0.4 is 4.72 Å². The quantitative estimate of drug-likeness (QED) is 0.883. The third-order valence-corrected chi connectivity index (χ3v) is 5.36. The minimum Gasteiger partial charge on any atom is -0.243 e. The Hall–Kier alpha value is -1.43. The molecular formula is C15H15ClN2O2S. The van der Waals surface area contributed by atoms with Crippen molar-refractivity contribution in [2.24, 2.45) is 0 Å². The number of aryl methyl sites for hydroxylation is 1. The van der Waals surface area contributed by atoms with Crippen molar-refractivity contribution < 1.29 is 8.42 Å². The molecule has 110 valence electrons. The van der Waals surface area contributed by atoms with Gasteiger partial charge in [-0.3, -0.25) is 0 Å². The van der Waals surface area contributed by atoms with Crippen molar-refractivity contribution in [3.05, 3.63) is 58.9 Å². The van der Waals surface area contributed by atoms with Crippen LogP contribution in [0, 0.1) is 0 Å². The number of nitrogens with one attached hydrogen (secondary N) is 1. The molecule has 0 saturated heterocycles. The van der Waals surface area contributed by atoms with Gasteiger partial charge in [0.05, 0.1) is 0 Å². The van der Waals surface area contributed by atoms with E-state index in [9.17, 15) is 8.42 Å². The molecule has 1 unspecified atom stereocenters. The van der Waals surface area contributed by atoms with E-state index in [0.29, 0.717) is 0 Å². The van der Waals surface area contributed by atoms with Crippen molar-refractivity contribution in [1.29, 1.82) is 0 Å². The third-order valence-electron chi connectivity index (χ3n) is 3.68. The second-order valence-corrected chi connectivity index (χ2v) is 7.18. The number of pyridine rings is 1. The summed E-state index contributed by atoms with van der Waals surface area (Å²) in [7, 11) is -3.59. The minimum atomic E-state index is -3.59. The normalized spacial score (nSPS) is 18.2. The molecule has 1 aliphatic rings. The van der Waals surface area contributed by atoms with Gasteiger partial charge in [0, 0.05) is 12.2 Å². The molecule has 0 fully saturated rings. The maximum atomic E-state index is 12.4. The Morgan fingerprint density at radius 3 is 2.76 bits per heavy atom. The Kier molecular flexibility index (Phi) is 3.97. The van der Waals surface area contributed by atoms with Gasteiger partial charge in [0.25, 0.3) is 0 Å². The zero-order chi connectivity index (χ0) is 14.9. The van der Waals surface area contributed by atoms with Crippen LogP contribution in [0.3, 0.4) is 0 Å². The second-order valence-electron chi connectivity index (χ2n) is 5.08. The summed E-state index contributed by atoms with van der Waals surface area (Å²) in [6.07, 6.45) is 4.05. The average Bonchev–Trinajstić information content (AvgIpc) is 2.48. The van der Waals surface area contributed by atoms with E-state index in [2.05, 4.69) is 15.8 Å². The number of nitrogens with zero attached hydrogens (tertiary/aromatic N) is 1. The third kappa shape index (κ3) is 3.10. The molecular weight excluding hydrogens is 308 g/mol. The van der Waals surface area contributed by atoms with Crippen LogP contribution in [0.4, 0.5) is 0 Å². The van der Waals surface area contributed by atoms with Gasteiger partial charge in [0.2, 0.25) is 10.0 Å². The summed E-state index contributed by atoms with van der Waals surface area (Å²) in [6.45, 7) is 0. The maximum Gasteiger partial charge on any atom is 0.242 e. The number of benzene rings is 1. The number of halogens is 1. The van der Waals surface area contributed by atoms with Crippen molar-refractivity contribution in [2.45, 2.75) is 30.2 Å². The first-order valence-electron chi connectivity index (χ1n) is 6.78. The van der Waals surface area contributed by atoms with E-state index in [4.69, 9.17) is 11.6 Å². The Morgan fingerprint density at radius 2 is 2.00 bits per heavy atom. The molecule has 0 saturated carbocycles. The van der Waals surface area contributed by atoms with E-state index in [1.807, 2.05) is 18.2 Å². The first-order valence-corrected chi connectivity index (χ1v) is 8.64. The molecule has 1 aromatic carbocycles. The SMILES string of the molecule is O=S(=O)(NC1CCCc2ccccc21)c1ccc(Cl)nc1. The Bertz CT molecular complexity index is 745. The van der Waals surface area contributed by atoms with Gasteiger partial charge < -0.3 is 0 Å². The summed E-state index contributed by atoms with van der Waals surface area (Å²) in [5, 5.41) is 0.275. The average molecular weight is 323 g/mol. The molecule has 21 heavy (non-hydrogen) atoms. The van der Waals surface area contributed by atoms with Crippen molar-refractivity contribution in [3.63, 3.8) is 0 Å². The van der Waals surface area contributed by atoms with Crippen LogP contribution in [-0.4, -0.2) is 13.4 Å². The Labute approximate surface area is 129 Å². The van der Waals surface area contributed by atoms with Gasteiger partial charge in [-0.25, -0.2) is 18.1 Å². The first kappa shape index (κ1) is 14.5. The number of aromatic nitrogens is 1. The molecule has 2 aromatic rings. The molecule has 4 nitrogen and oxygen atoms in total. The summed E-state index contributed by atoms with van der Waals surface area (Å²) in [4.78, 5) is 3.96. The van der Waals surface area contributed by atoms with Gasteiger partial charge in [-0.1, -0.05) is 35.9 Å². The second kappa shape index (κ2) is 5.75. The van der Waals surface area contributed by atoms with E-state index in [-0.39, 0.29) is 16.1 Å². The van der Waals surface area contributed by atoms with Crippen LogP contribution in [-0.2, 0) is 16.4 Å². The van der Waals surface area contributed by atoms with Gasteiger partial charge in [-0.05, 0) is 42.5 Å². The van der Waals surface area contributed by atoms with Crippen LogP contribution >= 0.6 is 11.6 Å². The van der Waals surface area contributed by atoms with Crippen LogP contribution in [0.15, 0.2) is 47.5 Å². The largest absolute Gasteiger partial charge is 0.243 e.